The zero-order valence-electron chi connectivity index (χ0n) is 16.5. The van der Waals surface area contributed by atoms with Crippen LogP contribution in [0.3, 0.4) is 0 Å². The van der Waals surface area contributed by atoms with Crippen molar-refractivity contribution in [3.8, 4) is 0 Å². The normalized spacial score (nSPS) is 13.4. The number of hydrogen-bond acceptors (Lipinski definition) is 4. The summed E-state index contributed by atoms with van der Waals surface area (Å²) in [5, 5.41) is 4.56. The summed E-state index contributed by atoms with van der Waals surface area (Å²) in [6, 6.07) is 18.4. The van der Waals surface area contributed by atoms with Gasteiger partial charge in [0.2, 0.25) is 11.4 Å². The first-order valence-electron chi connectivity index (χ1n) is 9.86. The van der Waals surface area contributed by atoms with Gasteiger partial charge in [-0.25, -0.2) is 9.98 Å². The van der Waals surface area contributed by atoms with Crippen LogP contribution >= 0.6 is 0 Å². The van der Waals surface area contributed by atoms with Crippen molar-refractivity contribution in [1.82, 2.24) is 10.3 Å². The van der Waals surface area contributed by atoms with Gasteiger partial charge in [-0.2, -0.15) is 0 Å². The number of nitrogens with one attached hydrogen (secondary N) is 1. The Balaban J connectivity index is 2.01. The molecule has 142 valence electrons. The van der Waals surface area contributed by atoms with Crippen molar-refractivity contribution in [2.75, 3.05) is 6.54 Å². The van der Waals surface area contributed by atoms with Gasteiger partial charge >= 0.3 is 0 Å². The molecule has 0 spiro atoms. The smallest absolute Gasteiger partial charge is 0.226 e. The first-order valence-corrected chi connectivity index (χ1v) is 9.86. The highest BCUT2D eigenvalue weighted by atomic mass is 16.3. The van der Waals surface area contributed by atoms with E-state index in [0.717, 1.165) is 35.9 Å². The van der Waals surface area contributed by atoms with Crippen molar-refractivity contribution >= 4 is 10.9 Å². The molecule has 0 saturated heterocycles. The van der Waals surface area contributed by atoms with Crippen LogP contribution in [0.4, 0.5) is 0 Å². The van der Waals surface area contributed by atoms with E-state index >= 15 is 0 Å². The third-order valence-electron chi connectivity index (χ3n) is 4.64. The maximum Gasteiger partial charge on any atom is 0.226 e. The predicted molar refractivity (Wildman–Crippen MR) is 110 cm³/mol. The summed E-state index contributed by atoms with van der Waals surface area (Å²) in [4.78, 5) is 9.57. The SMILES string of the molecule is CCCCNC(c1nc2ccccc2c(=NCc2ccccc2)o1)C(C)C. The van der Waals surface area contributed by atoms with Gasteiger partial charge in [0.15, 0.2) is 0 Å². The highest BCUT2D eigenvalue weighted by Gasteiger charge is 2.20. The first-order chi connectivity index (χ1) is 13.2. The maximum atomic E-state index is 6.23. The Morgan fingerprint density at radius 3 is 2.52 bits per heavy atom. The summed E-state index contributed by atoms with van der Waals surface area (Å²) >= 11 is 0. The first kappa shape index (κ1) is 19.3. The fraction of sp³-hybridized carbons (Fsp3) is 0.391. The van der Waals surface area contributed by atoms with Crippen LogP contribution in [0.5, 0.6) is 0 Å². The fourth-order valence-electron chi connectivity index (χ4n) is 3.09. The fourth-order valence-corrected chi connectivity index (χ4v) is 3.09. The van der Waals surface area contributed by atoms with Crippen molar-refractivity contribution < 1.29 is 4.42 Å². The minimum atomic E-state index is 0.0758. The molecule has 1 N–H and O–H groups in total. The van der Waals surface area contributed by atoms with Crippen molar-refractivity contribution in [3.63, 3.8) is 0 Å². The molecule has 0 aliphatic carbocycles. The summed E-state index contributed by atoms with van der Waals surface area (Å²) in [6.07, 6.45) is 2.31. The molecule has 0 fully saturated rings. The molecule has 4 heteroatoms. The molecule has 1 heterocycles. The molecule has 0 aliphatic rings. The van der Waals surface area contributed by atoms with Gasteiger partial charge in [-0.05, 0) is 36.6 Å². The van der Waals surface area contributed by atoms with Crippen LogP contribution in [0.1, 0.15) is 51.1 Å². The summed E-state index contributed by atoms with van der Waals surface area (Å²) in [7, 11) is 0. The topological polar surface area (TPSA) is 50.4 Å². The average Bonchev–Trinajstić information content (AvgIpc) is 2.69. The van der Waals surface area contributed by atoms with Gasteiger partial charge in [0.1, 0.15) is 0 Å². The van der Waals surface area contributed by atoms with Crippen LogP contribution in [0, 0.1) is 5.92 Å². The molecule has 0 bridgehead atoms. The van der Waals surface area contributed by atoms with Crippen molar-refractivity contribution in [2.24, 2.45) is 10.9 Å². The Kier molecular flexibility index (Phi) is 6.77. The third kappa shape index (κ3) is 5.04. The largest absolute Gasteiger partial charge is 0.423 e. The molecular formula is C23H29N3O. The summed E-state index contributed by atoms with van der Waals surface area (Å²) < 4.78 is 6.23. The third-order valence-corrected chi connectivity index (χ3v) is 4.64. The van der Waals surface area contributed by atoms with Crippen molar-refractivity contribution in [2.45, 2.75) is 46.2 Å². The Morgan fingerprint density at radius 2 is 1.78 bits per heavy atom. The van der Waals surface area contributed by atoms with E-state index in [1.54, 1.807) is 0 Å². The number of benzene rings is 2. The number of rotatable bonds is 8. The maximum absolute atomic E-state index is 6.23. The Morgan fingerprint density at radius 1 is 1.04 bits per heavy atom. The zero-order chi connectivity index (χ0) is 19.1. The van der Waals surface area contributed by atoms with Gasteiger partial charge in [-0.15, -0.1) is 0 Å². The Bertz CT molecular complexity index is 916. The lowest BCUT2D eigenvalue weighted by Gasteiger charge is -2.20. The second-order valence-corrected chi connectivity index (χ2v) is 7.21. The average molecular weight is 364 g/mol. The van der Waals surface area contributed by atoms with Crippen LogP contribution in [0.15, 0.2) is 64.0 Å². The highest BCUT2D eigenvalue weighted by Crippen LogP contribution is 2.21. The predicted octanol–water partition coefficient (Wildman–Crippen LogP) is 5.02. The molecule has 0 radical (unpaired) electrons. The van der Waals surface area contributed by atoms with E-state index in [1.165, 1.54) is 0 Å². The number of nitrogens with zero attached hydrogens (tertiary/aromatic N) is 2. The summed E-state index contributed by atoms with van der Waals surface area (Å²) in [5.74, 6) is 1.09. The second-order valence-electron chi connectivity index (χ2n) is 7.21. The lowest BCUT2D eigenvalue weighted by Crippen LogP contribution is -2.28. The van der Waals surface area contributed by atoms with E-state index in [-0.39, 0.29) is 6.04 Å². The molecule has 27 heavy (non-hydrogen) atoms. The van der Waals surface area contributed by atoms with Gasteiger partial charge < -0.3 is 9.73 Å². The van der Waals surface area contributed by atoms with E-state index < -0.39 is 0 Å². The number of hydrogen-bond donors (Lipinski definition) is 1. The Labute approximate surface area is 161 Å². The second kappa shape index (κ2) is 9.47. The summed E-state index contributed by atoms with van der Waals surface area (Å²) in [5.41, 5.74) is 2.74. The molecular weight excluding hydrogens is 334 g/mol. The molecule has 1 aromatic heterocycles. The molecule has 2 aromatic carbocycles. The molecule has 0 aliphatic heterocycles. The van der Waals surface area contributed by atoms with E-state index in [2.05, 4.69) is 38.2 Å². The van der Waals surface area contributed by atoms with E-state index in [0.29, 0.717) is 23.9 Å². The number of para-hydroxylation sites is 1. The van der Waals surface area contributed by atoms with E-state index in [1.807, 2.05) is 42.5 Å². The highest BCUT2D eigenvalue weighted by molar-refractivity contribution is 5.76. The minimum Gasteiger partial charge on any atom is -0.423 e. The number of fused-ring (bicyclic) bond motifs is 1. The molecule has 4 nitrogen and oxygen atoms in total. The molecule has 3 rings (SSSR count). The lowest BCUT2D eigenvalue weighted by atomic mass is 10.0. The molecule has 1 unspecified atom stereocenters. The van der Waals surface area contributed by atoms with Crippen LogP contribution in [0.2, 0.25) is 0 Å². The van der Waals surface area contributed by atoms with Crippen LogP contribution in [0.25, 0.3) is 10.9 Å². The van der Waals surface area contributed by atoms with Gasteiger partial charge in [-0.3, -0.25) is 0 Å². The molecule has 1 atom stereocenters. The van der Waals surface area contributed by atoms with Gasteiger partial charge in [0, 0.05) is 0 Å². The van der Waals surface area contributed by atoms with E-state index in [4.69, 9.17) is 14.4 Å². The van der Waals surface area contributed by atoms with Crippen LogP contribution < -0.4 is 10.9 Å². The van der Waals surface area contributed by atoms with Gasteiger partial charge in [0.05, 0.1) is 23.5 Å². The van der Waals surface area contributed by atoms with E-state index in [9.17, 15) is 0 Å². The van der Waals surface area contributed by atoms with Crippen molar-refractivity contribution in [3.05, 3.63) is 71.6 Å². The zero-order valence-corrected chi connectivity index (χ0v) is 16.5. The van der Waals surface area contributed by atoms with Gasteiger partial charge in [-0.1, -0.05) is 69.7 Å². The van der Waals surface area contributed by atoms with Crippen LogP contribution in [-0.4, -0.2) is 11.5 Å². The standard InChI is InChI=1S/C23H29N3O/c1-4-5-15-24-21(17(2)3)23-26-20-14-10-9-13-19(20)22(27-23)25-16-18-11-7-6-8-12-18/h6-14,17,21,24H,4-5,15-16H2,1-3H3. The van der Waals surface area contributed by atoms with Crippen molar-refractivity contribution in [1.29, 1.82) is 0 Å². The number of aromatic nitrogens is 1. The monoisotopic (exact) mass is 363 g/mol. The minimum absolute atomic E-state index is 0.0758. The summed E-state index contributed by atoms with van der Waals surface area (Å²) in [6.45, 7) is 8.13. The Hall–Kier alpha value is -2.46. The van der Waals surface area contributed by atoms with Crippen LogP contribution in [-0.2, 0) is 6.54 Å². The quantitative estimate of drug-likeness (QED) is 0.572. The molecule has 0 saturated carbocycles. The molecule has 3 aromatic rings. The number of unbranched alkanes of at least 4 members (excludes halogenated alkanes) is 1. The lowest BCUT2D eigenvalue weighted by molar-refractivity contribution is 0.306. The van der Waals surface area contributed by atoms with Gasteiger partial charge in [0.25, 0.3) is 0 Å². The molecule has 0 amide bonds.